The minimum atomic E-state index is -0.0834. The molecule has 3 rings (SSSR count). The molecule has 0 saturated carbocycles. The van der Waals surface area contributed by atoms with Crippen LogP contribution < -0.4 is 10.5 Å². The second kappa shape index (κ2) is 6.57. The fraction of sp³-hybridized carbons (Fsp3) is 0.625. The molecule has 2 N–H and O–H groups in total. The second-order valence-electron chi connectivity index (χ2n) is 5.62. The molecule has 2 heterocycles. The van der Waals surface area contributed by atoms with Crippen LogP contribution in [0.3, 0.4) is 0 Å². The van der Waals surface area contributed by atoms with Crippen molar-refractivity contribution in [2.24, 2.45) is 5.73 Å². The van der Waals surface area contributed by atoms with E-state index in [-0.39, 0.29) is 12.3 Å². The Labute approximate surface area is 120 Å². The van der Waals surface area contributed by atoms with Crippen LogP contribution in [0.4, 0.5) is 0 Å². The van der Waals surface area contributed by atoms with Crippen LogP contribution in [0.1, 0.15) is 37.2 Å². The fourth-order valence-corrected chi connectivity index (χ4v) is 2.92. The predicted molar refractivity (Wildman–Crippen MR) is 76.8 cm³/mol. The molecule has 0 amide bonds. The number of ether oxygens (including phenoxy) is 3. The number of benzene rings is 1. The quantitative estimate of drug-likeness (QED) is 0.922. The summed E-state index contributed by atoms with van der Waals surface area (Å²) in [5.41, 5.74) is 7.40. The Morgan fingerprint density at radius 1 is 1.05 bits per heavy atom. The van der Waals surface area contributed by atoms with Gasteiger partial charge in [-0.2, -0.15) is 0 Å². The molecule has 2 aliphatic rings. The smallest absolute Gasteiger partial charge is 0.199 e. The van der Waals surface area contributed by atoms with Gasteiger partial charge in [-0.1, -0.05) is 12.1 Å². The van der Waals surface area contributed by atoms with E-state index in [0.29, 0.717) is 12.5 Å². The zero-order chi connectivity index (χ0) is 13.8. The van der Waals surface area contributed by atoms with Crippen molar-refractivity contribution >= 4 is 0 Å². The molecule has 1 aromatic rings. The summed E-state index contributed by atoms with van der Waals surface area (Å²) in [7, 11) is 0. The first-order valence-electron chi connectivity index (χ1n) is 7.54. The second-order valence-corrected chi connectivity index (χ2v) is 5.62. The van der Waals surface area contributed by atoms with Gasteiger partial charge in [-0.3, -0.25) is 0 Å². The van der Waals surface area contributed by atoms with Gasteiger partial charge < -0.3 is 19.9 Å². The molecule has 0 spiro atoms. The van der Waals surface area contributed by atoms with E-state index in [2.05, 4.69) is 12.1 Å². The average Bonchev–Trinajstić information content (AvgIpc) is 2.50. The predicted octanol–water partition coefficient (Wildman–Crippen LogP) is 2.42. The number of nitrogens with two attached hydrogens (primary N) is 1. The van der Waals surface area contributed by atoms with Gasteiger partial charge in [0.15, 0.2) is 6.29 Å². The zero-order valence-electron chi connectivity index (χ0n) is 11.8. The SMILES string of the molecule is N[C@H]1COCC[C@@H]1c1ccc(OC2CCCCO2)cc1. The Hall–Kier alpha value is -1.10. The molecular formula is C16H23NO3. The van der Waals surface area contributed by atoms with E-state index in [9.17, 15) is 0 Å². The van der Waals surface area contributed by atoms with Crippen molar-refractivity contribution in [3.05, 3.63) is 29.8 Å². The molecule has 110 valence electrons. The molecule has 3 atom stereocenters. The van der Waals surface area contributed by atoms with Gasteiger partial charge >= 0.3 is 0 Å². The standard InChI is InChI=1S/C16H23NO3/c17-15-11-18-10-8-14(15)12-4-6-13(7-5-12)20-16-3-1-2-9-19-16/h4-7,14-16H,1-3,8-11,17H2/t14-,15+,16?/m1/s1. The Kier molecular flexibility index (Phi) is 4.55. The highest BCUT2D eigenvalue weighted by Gasteiger charge is 2.24. The number of rotatable bonds is 3. The normalized spacial score (nSPS) is 30.9. The van der Waals surface area contributed by atoms with Gasteiger partial charge in [0, 0.05) is 25.0 Å². The summed E-state index contributed by atoms with van der Waals surface area (Å²) >= 11 is 0. The minimum Gasteiger partial charge on any atom is -0.465 e. The summed E-state index contributed by atoms with van der Waals surface area (Å²) in [4.78, 5) is 0. The third-order valence-electron chi connectivity index (χ3n) is 4.11. The summed E-state index contributed by atoms with van der Waals surface area (Å²) < 4.78 is 16.8. The summed E-state index contributed by atoms with van der Waals surface area (Å²) in [5.74, 6) is 1.27. The van der Waals surface area contributed by atoms with Gasteiger partial charge in [-0.25, -0.2) is 0 Å². The lowest BCUT2D eigenvalue weighted by Gasteiger charge is -2.29. The van der Waals surface area contributed by atoms with Crippen molar-refractivity contribution in [1.29, 1.82) is 0 Å². The monoisotopic (exact) mass is 277 g/mol. The molecule has 0 aliphatic carbocycles. The Balaban J connectivity index is 1.61. The maximum atomic E-state index is 6.12. The fourth-order valence-electron chi connectivity index (χ4n) is 2.92. The van der Waals surface area contributed by atoms with Gasteiger partial charge in [0.05, 0.1) is 13.2 Å². The molecule has 2 aliphatic heterocycles. The average molecular weight is 277 g/mol. The molecule has 0 radical (unpaired) electrons. The maximum Gasteiger partial charge on any atom is 0.199 e. The highest BCUT2D eigenvalue weighted by atomic mass is 16.7. The molecular weight excluding hydrogens is 254 g/mol. The first-order chi connectivity index (χ1) is 9.83. The van der Waals surface area contributed by atoms with Crippen LogP contribution in [0.25, 0.3) is 0 Å². The van der Waals surface area contributed by atoms with Crippen molar-refractivity contribution in [1.82, 2.24) is 0 Å². The highest BCUT2D eigenvalue weighted by molar-refractivity contribution is 5.30. The third-order valence-corrected chi connectivity index (χ3v) is 4.11. The van der Waals surface area contributed by atoms with Crippen LogP contribution in [-0.2, 0) is 9.47 Å². The van der Waals surface area contributed by atoms with E-state index in [0.717, 1.165) is 38.2 Å². The van der Waals surface area contributed by atoms with Crippen molar-refractivity contribution in [2.45, 2.75) is 43.9 Å². The third kappa shape index (κ3) is 3.32. The van der Waals surface area contributed by atoms with Crippen LogP contribution in [0.2, 0.25) is 0 Å². The van der Waals surface area contributed by atoms with E-state index in [1.165, 1.54) is 12.0 Å². The Morgan fingerprint density at radius 3 is 2.60 bits per heavy atom. The van der Waals surface area contributed by atoms with Gasteiger partial charge in [0.2, 0.25) is 0 Å². The lowest BCUT2D eigenvalue weighted by molar-refractivity contribution is -0.105. The summed E-state index contributed by atoms with van der Waals surface area (Å²) in [5, 5.41) is 0. The maximum absolute atomic E-state index is 6.12. The molecule has 0 aromatic heterocycles. The highest BCUT2D eigenvalue weighted by Crippen LogP contribution is 2.28. The van der Waals surface area contributed by atoms with Crippen molar-refractivity contribution in [2.75, 3.05) is 19.8 Å². The van der Waals surface area contributed by atoms with E-state index in [4.69, 9.17) is 19.9 Å². The molecule has 20 heavy (non-hydrogen) atoms. The summed E-state index contributed by atoms with van der Waals surface area (Å²) in [6.45, 7) is 2.26. The van der Waals surface area contributed by atoms with Crippen LogP contribution in [-0.4, -0.2) is 32.2 Å². The van der Waals surface area contributed by atoms with Gasteiger partial charge in [0.25, 0.3) is 0 Å². The first-order valence-corrected chi connectivity index (χ1v) is 7.54. The van der Waals surface area contributed by atoms with E-state index < -0.39 is 0 Å². The molecule has 2 fully saturated rings. The van der Waals surface area contributed by atoms with E-state index >= 15 is 0 Å². The molecule has 4 nitrogen and oxygen atoms in total. The van der Waals surface area contributed by atoms with Gasteiger partial charge in [0.1, 0.15) is 5.75 Å². The first kappa shape index (κ1) is 13.9. The number of hydrogen-bond acceptors (Lipinski definition) is 4. The topological polar surface area (TPSA) is 53.7 Å². The molecule has 2 saturated heterocycles. The minimum absolute atomic E-state index is 0.0834. The Morgan fingerprint density at radius 2 is 1.90 bits per heavy atom. The van der Waals surface area contributed by atoms with Crippen molar-refractivity contribution < 1.29 is 14.2 Å². The lowest BCUT2D eigenvalue weighted by Crippen LogP contribution is -2.37. The van der Waals surface area contributed by atoms with Crippen LogP contribution in [0.5, 0.6) is 5.75 Å². The molecule has 4 heteroatoms. The molecule has 1 unspecified atom stereocenters. The molecule has 1 aromatic carbocycles. The lowest BCUT2D eigenvalue weighted by atomic mass is 9.88. The van der Waals surface area contributed by atoms with E-state index in [1.807, 2.05) is 12.1 Å². The van der Waals surface area contributed by atoms with Gasteiger partial charge in [-0.15, -0.1) is 0 Å². The van der Waals surface area contributed by atoms with Crippen LogP contribution in [0, 0.1) is 0 Å². The van der Waals surface area contributed by atoms with Gasteiger partial charge in [-0.05, 0) is 37.0 Å². The van der Waals surface area contributed by atoms with Crippen LogP contribution in [0.15, 0.2) is 24.3 Å². The Bertz CT molecular complexity index is 414. The van der Waals surface area contributed by atoms with Crippen molar-refractivity contribution in [3.8, 4) is 5.75 Å². The van der Waals surface area contributed by atoms with Crippen LogP contribution >= 0.6 is 0 Å². The van der Waals surface area contributed by atoms with Crippen molar-refractivity contribution in [3.63, 3.8) is 0 Å². The molecule has 0 bridgehead atoms. The zero-order valence-corrected chi connectivity index (χ0v) is 11.8. The number of hydrogen-bond donors (Lipinski definition) is 1. The largest absolute Gasteiger partial charge is 0.465 e. The summed E-state index contributed by atoms with van der Waals surface area (Å²) in [6, 6.07) is 8.38. The summed E-state index contributed by atoms with van der Waals surface area (Å²) in [6.07, 6.45) is 4.21. The van der Waals surface area contributed by atoms with E-state index in [1.54, 1.807) is 0 Å².